The average molecular weight is 285 g/mol. The van der Waals surface area contributed by atoms with Crippen LogP contribution in [0.1, 0.15) is 36.7 Å². The summed E-state index contributed by atoms with van der Waals surface area (Å²) in [5.41, 5.74) is 0.329. The topological polar surface area (TPSA) is 72.5 Å². The molecule has 0 aliphatic carbocycles. The summed E-state index contributed by atoms with van der Waals surface area (Å²) >= 11 is 0. The van der Waals surface area contributed by atoms with E-state index < -0.39 is 21.5 Å². The highest BCUT2D eigenvalue weighted by Gasteiger charge is 2.23. The molecular weight excluding hydrogens is 266 g/mol. The number of carbonyl (C=O) groups excluding carboxylic acids is 1. The highest BCUT2D eigenvalue weighted by Crippen LogP contribution is 2.18. The third-order valence-corrected chi connectivity index (χ3v) is 4.12. The van der Waals surface area contributed by atoms with Crippen molar-refractivity contribution in [3.8, 4) is 0 Å². The fourth-order valence-corrected chi connectivity index (χ4v) is 3.00. The molecule has 0 spiro atoms. The van der Waals surface area contributed by atoms with Crippen LogP contribution in [0.4, 0.5) is 0 Å². The molecule has 0 fully saturated rings. The summed E-state index contributed by atoms with van der Waals surface area (Å²) in [5.74, 6) is -0.551. The first kappa shape index (κ1) is 15.7. The molecule has 0 heterocycles. The van der Waals surface area contributed by atoms with E-state index >= 15 is 0 Å². The summed E-state index contributed by atoms with van der Waals surface area (Å²) in [6, 6.07) is 4.38. The monoisotopic (exact) mass is 285 g/mol. The van der Waals surface area contributed by atoms with Crippen LogP contribution >= 0.6 is 0 Å². The first-order chi connectivity index (χ1) is 8.57. The van der Waals surface area contributed by atoms with E-state index in [2.05, 4.69) is 9.46 Å². The Morgan fingerprint density at radius 2 is 1.84 bits per heavy atom. The van der Waals surface area contributed by atoms with Crippen LogP contribution in [-0.4, -0.2) is 27.0 Å². The van der Waals surface area contributed by atoms with Crippen LogP contribution in [0.3, 0.4) is 0 Å². The molecule has 6 heteroatoms. The Balaban J connectivity index is 3.26. The second-order valence-electron chi connectivity index (χ2n) is 5.32. The van der Waals surface area contributed by atoms with Gasteiger partial charge in [0.15, 0.2) is 0 Å². The molecule has 1 aromatic rings. The molecule has 1 rings (SSSR count). The van der Waals surface area contributed by atoms with Crippen LogP contribution in [0.25, 0.3) is 0 Å². The van der Waals surface area contributed by atoms with E-state index in [0.717, 1.165) is 0 Å². The van der Waals surface area contributed by atoms with Crippen LogP contribution in [0.15, 0.2) is 23.1 Å². The third kappa shape index (κ3) is 4.04. The molecule has 0 unspecified atom stereocenters. The third-order valence-electron chi connectivity index (χ3n) is 2.37. The first-order valence-electron chi connectivity index (χ1n) is 5.80. The van der Waals surface area contributed by atoms with Crippen molar-refractivity contribution in [2.24, 2.45) is 0 Å². The summed E-state index contributed by atoms with van der Waals surface area (Å²) in [6.45, 7) is 6.97. The van der Waals surface area contributed by atoms with Crippen LogP contribution in [0, 0.1) is 6.92 Å². The molecule has 0 saturated carbocycles. The van der Waals surface area contributed by atoms with Gasteiger partial charge in [-0.05, 0) is 45.4 Å². The number of hydrogen-bond acceptors (Lipinski definition) is 4. The molecule has 0 bridgehead atoms. The fourth-order valence-electron chi connectivity index (χ4n) is 1.56. The molecular formula is C13H19NO4S. The molecule has 5 nitrogen and oxygen atoms in total. The minimum absolute atomic E-state index is 0.0495. The largest absolute Gasteiger partial charge is 0.465 e. The lowest BCUT2D eigenvalue weighted by molar-refractivity contribution is 0.0599. The maximum absolute atomic E-state index is 12.2. The molecule has 0 aromatic heterocycles. The number of aryl methyl sites for hydroxylation is 1. The fraction of sp³-hybridized carbons (Fsp3) is 0.462. The van der Waals surface area contributed by atoms with E-state index in [1.54, 1.807) is 33.8 Å². The standard InChI is InChI=1S/C13H19NO4S/c1-9-6-7-10(8-11(9)12(15)18-5)19(16,17)14-13(2,3)4/h6-8,14H,1-5H3. The zero-order valence-electron chi connectivity index (χ0n) is 11.8. The number of esters is 1. The van der Waals surface area contributed by atoms with Gasteiger partial charge in [-0.2, -0.15) is 0 Å². The maximum atomic E-state index is 12.2. The number of sulfonamides is 1. The highest BCUT2D eigenvalue weighted by molar-refractivity contribution is 7.89. The molecule has 0 aliphatic rings. The Labute approximate surface area is 114 Å². The molecule has 0 atom stereocenters. The van der Waals surface area contributed by atoms with Gasteiger partial charge in [-0.25, -0.2) is 17.9 Å². The number of rotatable bonds is 3. The van der Waals surface area contributed by atoms with E-state index in [9.17, 15) is 13.2 Å². The van der Waals surface area contributed by atoms with Crippen molar-refractivity contribution in [3.63, 3.8) is 0 Å². The Kier molecular flexibility index (Phi) is 4.37. The van der Waals surface area contributed by atoms with Crippen molar-refractivity contribution >= 4 is 16.0 Å². The first-order valence-corrected chi connectivity index (χ1v) is 7.28. The summed E-state index contributed by atoms with van der Waals surface area (Å²) < 4.78 is 31.5. The average Bonchev–Trinajstić information content (AvgIpc) is 2.25. The maximum Gasteiger partial charge on any atom is 0.338 e. The normalized spacial score (nSPS) is 12.3. The smallest absolute Gasteiger partial charge is 0.338 e. The summed E-state index contributed by atoms with van der Waals surface area (Å²) in [7, 11) is -2.40. The Morgan fingerprint density at radius 3 is 2.32 bits per heavy atom. The summed E-state index contributed by atoms with van der Waals surface area (Å²) in [5, 5.41) is 0. The van der Waals surface area contributed by atoms with Crippen LogP contribution in [-0.2, 0) is 14.8 Å². The molecule has 106 valence electrons. The Morgan fingerprint density at radius 1 is 1.26 bits per heavy atom. The minimum atomic E-state index is -3.66. The van der Waals surface area contributed by atoms with Crippen molar-refractivity contribution in [2.45, 2.75) is 38.1 Å². The number of benzene rings is 1. The van der Waals surface area contributed by atoms with E-state index in [4.69, 9.17) is 0 Å². The number of ether oxygens (including phenoxy) is 1. The molecule has 0 radical (unpaired) electrons. The van der Waals surface area contributed by atoms with Gasteiger partial charge in [0.1, 0.15) is 0 Å². The lowest BCUT2D eigenvalue weighted by Gasteiger charge is -2.20. The Hall–Kier alpha value is -1.40. The molecule has 0 saturated heterocycles. The van der Waals surface area contributed by atoms with Crippen molar-refractivity contribution in [1.82, 2.24) is 4.72 Å². The molecule has 0 aliphatic heterocycles. The Bertz CT molecular complexity index is 585. The lowest BCUT2D eigenvalue weighted by atomic mass is 10.1. The van der Waals surface area contributed by atoms with Gasteiger partial charge in [-0.1, -0.05) is 6.07 Å². The van der Waals surface area contributed by atoms with Crippen molar-refractivity contribution in [3.05, 3.63) is 29.3 Å². The zero-order valence-corrected chi connectivity index (χ0v) is 12.6. The quantitative estimate of drug-likeness (QED) is 0.860. The number of hydrogen-bond donors (Lipinski definition) is 1. The van der Waals surface area contributed by atoms with Gasteiger partial charge in [0, 0.05) is 5.54 Å². The molecule has 1 N–H and O–H groups in total. The van der Waals surface area contributed by atoms with Crippen LogP contribution < -0.4 is 4.72 Å². The van der Waals surface area contributed by atoms with Crippen LogP contribution in [0.5, 0.6) is 0 Å². The zero-order chi connectivity index (χ0) is 14.8. The van der Waals surface area contributed by atoms with Gasteiger partial charge >= 0.3 is 5.97 Å². The lowest BCUT2D eigenvalue weighted by Crippen LogP contribution is -2.40. The SMILES string of the molecule is COC(=O)c1cc(S(=O)(=O)NC(C)(C)C)ccc1C. The predicted octanol–water partition coefficient (Wildman–Crippen LogP) is 1.86. The second-order valence-corrected chi connectivity index (χ2v) is 7.01. The molecule has 19 heavy (non-hydrogen) atoms. The van der Waals surface area contributed by atoms with E-state index in [1.165, 1.54) is 19.2 Å². The van der Waals surface area contributed by atoms with E-state index in [-0.39, 0.29) is 10.5 Å². The minimum Gasteiger partial charge on any atom is -0.465 e. The molecule has 0 amide bonds. The number of carbonyl (C=O) groups is 1. The molecule has 1 aromatic carbocycles. The van der Waals surface area contributed by atoms with Crippen molar-refractivity contribution < 1.29 is 17.9 Å². The number of methoxy groups -OCH3 is 1. The van der Waals surface area contributed by atoms with Crippen molar-refractivity contribution in [1.29, 1.82) is 0 Å². The van der Waals surface area contributed by atoms with Crippen LogP contribution in [0.2, 0.25) is 0 Å². The number of nitrogens with one attached hydrogen (secondary N) is 1. The van der Waals surface area contributed by atoms with Gasteiger partial charge in [0.2, 0.25) is 10.0 Å². The van der Waals surface area contributed by atoms with E-state index in [1.807, 2.05) is 0 Å². The summed E-state index contributed by atoms with van der Waals surface area (Å²) in [6.07, 6.45) is 0. The second kappa shape index (κ2) is 5.30. The predicted molar refractivity (Wildman–Crippen MR) is 72.6 cm³/mol. The summed E-state index contributed by atoms with van der Waals surface area (Å²) in [4.78, 5) is 11.6. The van der Waals surface area contributed by atoms with Gasteiger partial charge in [0.25, 0.3) is 0 Å². The van der Waals surface area contributed by atoms with Gasteiger partial charge in [-0.15, -0.1) is 0 Å². The highest BCUT2D eigenvalue weighted by atomic mass is 32.2. The van der Waals surface area contributed by atoms with E-state index in [0.29, 0.717) is 5.56 Å². The van der Waals surface area contributed by atoms with Gasteiger partial charge in [-0.3, -0.25) is 0 Å². The van der Waals surface area contributed by atoms with Gasteiger partial charge in [0.05, 0.1) is 17.6 Å². The van der Waals surface area contributed by atoms with Gasteiger partial charge < -0.3 is 4.74 Å². The van der Waals surface area contributed by atoms with Crippen molar-refractivity contribution in [2.75, 3.05) is 7.11 Å².